The lowest BCUT2D eigenvalue weighted by Crippen LogP contribution is -2.46. The number of aromatic hydroxyl groups is 1. The Morgan fingerprint density at radius 1 is 0.559 bits per heavy atom. The zero-order valence-corrected chi connectivity index (χ0v) is 37.8. The molecule has 16 nitrogen and oxygen atoms in total. The summed E-state index contributed by atoms with van der Waals surface area (Å²) in [7, 11) is 0. The van der Waals surface area contributed by atoms with Crippen LogP contribution in [0.15, 0.2) is 127 Å². The van der Waals surface area contributed by atoms with Crippen molar-refractivity contribution >= 4 is 24.4 Å². The molecule has 0 fully saturated rings. The molecule has 2 amide bonds. The van der Waals surface area contributed by atoms with Crippen molar-refractivity contribution in [3.8, 4) is 63.2 Å². The fourth-order valence-corrected chi connectivity index (χ4v) is 5.50. The Kier molecular flexibility index (Phi) is 17.7. The quantitative estimate of drug-likeness (QED) is 0.0890. The third-order valence-electron chi connectivity index (χ3n) is 9.80. The van der Waals surface area contributed by atoms with Gasteiger partial charge in [-0.1, -0.05) is 26.0 Å². The lowest BCUT2D eigenvalue weighted by Gasteiger charge is -2.20. The Hall–Kier alpha value is -8.31. The molecular formula is C51H52FN3O13. The minimum absolute atomic E-state index is 0.198. The molecule has 6 aromatic rings. The van der Waals surface area contributed by atoms with Gasteiger partial charge in [0.2, 0.25) is 32.2 Å². The molecule has 356 valence electrons. The molecule has 0 saturated heterocycles. The lowest BCUT2D eigenvalue weighted by molar-refractivity contribution is -0.126. The number of phenolic OH excluding ortho intramolecular Hbond substituents is 1. The van der Waals surface area contributed by atoms with E-state index in [1.54, 1.807) is 68.4 Å². The van der Waals surface area contributed by atoms with Gasteiger partial charge in [-0.3, -0.25) is 19.2 Å². The fourth-order valence-electron chi connectivity index (χ4n) is 5.50. The minimum atomic E-state index is -0.861. The van der Waals surface area contributed by atoms with E-state index >= 15 is 0 Å². The number of rotatable bonds is 11. The number of aldehydes is 2. The second-order valence-corrected chi connectivity index (χ2v) is 16.1. The largest absolute Gasteiger partial charge is 0.508 e. The first-order valence-corrected chi connectivity index (χ1v) is 20.9. The molecular weight excluding hydrogens is 882 g/mol. The summed E-state index contributed by atoms with van der Waals surface area (Å²) in [5.41, 5.74) is 16.3. The molecule has 0 saturated carbocycles. The number of carbonyl (C=O) groups is 4. The highest BCUT2D eigenvalue weighted by molar-refractivity contribution is 5.83. The first-order valence-electron chi connectivity index (χ1n) is 20.9. The number of aryl methyl sites for hydroxylation is 1. The van der Waals surface area contributed by atoms with Crippen molar-refractivity contribution in [1.29, 1.82) is 0 Å². The second-order valence-electron chi connectivity index (χ2n) is 16.1. The molecule has 3 aliphatic heterocycles. The Morgan fingerprint density at radius 3 is 1.34 bits per heavy atom. The zero-order valence-electron chi connectivity index (χ0n) is 37.8. The van der Waals surface area contributed by atoms with E-state index in [-0.39, 0.29) is 37.9 Å². The van der Waals surface area contributed by atoms with Crippen LogP contribution in [0.25, 0.3) is 0 Å². The number of carbonyl (C=O) groups excluding carboxylic acids is 4. The molecule has 17 heteroatoms. The summed E-state index contributed by atoms with van der Waals surface area (Å²) in [6.07, 6.45) is 2.98. The number of benzene rings is 6. The van der Waals surface area contributed by atoms with Crippen LogP contribution in [0.4, 0.5) is 4.39 Å². The van der Waals surface area contributed by atoms with E-state index in [4.69, 9.17) is 60.2 Å². The van der Waals surface area contributed by atoms with Crippen molar-refractivity contribution in [2.45, 2.75) is 46.1 Å². The standard InChI is InChI=1S/C19H21NO4.C14H10O4.C7H5FO.C7H6O3.C4H10N2O/c1-19(2,18(20)21)10-9-13-3-5-14(6-4-13)24-15-7-8-16-17(11-15)23-12-22-16;15-8-10-1-3-11(4-2-10)18-12-5-6-13-14(7-12)17-9-16-13;8-7-3-1-6(5-9)2-4-7;8-5-1-2-6-7(3-5)10-4-9-6;1-4(2,6)3(5)7/h3-8,11H,9-10,12H2,1-2H3,(H2,20,21);1-8H,9H2;1-5H;1-3,8H,4H2;6H2,1-2H3,(H2,5,7). The molecule has 0 bridgehead atoms. The van der Waals surface area contributed by atoms with Crippen LogP contribution in [-0.4, -0.2) is 55.4 Å². The van der Waals surface area contributed by atoms with Gasteiger partial charge in [0.05, 0.1) is 5.54 Å². The van der Waals surface area contributed by atoms with E-state index in [1.165, 1.54) is 30.3 Å². The highest BCUT2D eigenvalue weighted by Crippen LogP contribution is 2.38. The van der Waals surface area contributed by atoms with Crippen molar-refractivity contribution in [2.24, 2.45) is 22.6 Å². The van der Waals surface area contributed by atoms with Crippen LogP contribution in [0.5, 0.6) is 63.2 Å². The van der Waals surface area contributed by atoms with E-state index in [1.807, 2.05) is 56.3 Å². The van der Waals surface area contributed by atoms with E-state index in [9.17, 15) is 23.6 Å². The summed E-state index contributed by atoms with van der Waals surface area (Å²) < 4.78 is 54.7. The molecule has 0 aliphatic carbocycles. The second kappa shape index (κ2) is 23.7. The predicted molar refractivity (Wildman–Crippen MR) is 248 cm³/mol. The van der Waals surface area contributed by atoms with Crippen molar-refractivity contribution < 1.29 is 66.6 Å². The Bertz CT molecular complexity index is 2630. The molecule has 9 rings (SSSR count). The molecule has 6 aromatic carbocycles. The Labute approximate surface area is 392 Å². The highest BCUT2D eigenvalue weighted by atomic mass is 19.1. The van der Waals surface area contributed by atoms with E-state index in [0.29, 0.717) is 64.1 Å². The number of primary amides is 2. The van der Waals surface area contributed by atoms with Crippen LogP contribution in [0.1, 0.15) is 60.4 Å². The molecule has 68 heavy (non-hydrogen) atoms. The Morgan fingerprint density at radius 2 is 0.926 bits per heavy atom. The van der Waals surface area contributed by atoms with Crippen LogP contribution in [0.3, 0.4) is 0 Å². The van der Waals surface area contributed by atoms with Crippen molar-refractivity contribution in [2.75, 3.05) is 20.4 Å². The number of amides is 2. The molecule has 0 unspecified atom stereocenters. The summed E-state index contributed by atoms with van der Waals surface area (Å²) >= 11 is 0. The van der Waals surface area contributed by atoms with Gasteiger partial charge in [0.15, 0.2) is 34.5 Å². The molecule has 0 aromatic heterocycles. The number of nitrogens with two attached hydrogens (primary N) is 3. The summed E-state index contributed by atoms with van der Waals surface area (Å²) in [6.45, 7) is 7.60. The van der Waals surface area contributed by atoms with E-state index in [2.05, 4.69) is 0 Å². The SMILES string of the molecule is CC(C)(CCc1ccc(Oc2ccc3c(c2)OCO3)cc1)C(N)=O.CC(C)(N)C(N)=O.O=Cc1ccc(F)cc1.O=Cc1ccc(Oc2ccc3c(c2)OCO3)cc1.Oc1ccc2c(c1)OCO2. The summed E-state index contributed by atoms with van der Waals surface area (Å²) in [5, 5.41) is 8.96. The summed E-state index contributed by atoms with van der Waals surface area (Å²) in [6, 6.07) is 35.7. The molecule has 3 aliphatic rings. The van der Waals surface area contributed by atoms with Gasteiger partial charge in [-0.05, 0) is 129 Å². The first kappa shape index (κ1) is 50.7. The lowest BCUT2D eigenvalue weighted by atomic mass is 9.85. The van der Waals surface area contributed by atoms with Crippen molar-refractivity contribution in [3.63, 3.8) is 0 Å². The van der Waals surface area contributed by atoms with Gasteiger partial charge in [-0.15, -0.1) is 0 Å². The molecule has 0 atom stereocenters. The molecule has 0 spiro atoms. The van der Waals surface area contributed by atoms with Gasteiger partial charge in [0, 0.05) is 34.7 Å². The van der Waals surface area contributed by atoms with Crippen LogP contribution in [0.2, 0.25) is 0 Å². The van der Waals surface area contributed by atoms with Gasteiger partial charge >= 0.3 is 0 Å². The maximum atomic E-state index is 12.1. The van der Waals surface area contributed by atoms with Crippen LogP contribution >= 0.6 is 0 Å². The average molecular weight is 934 g/mol. The number of halogens is 1. The molecule has 7 N–H and O–H groups in total. The van der Waals surface area contributed by atoms with Crippen molar-refractivity contribution in [1.82, 2.24) is 0 Å². The van der Waals surface area contributed by atoms with Gasteiger partial charge < -0.3 is 60.2 Å². The normalized spacial score (nSPS) is 12.1. The maximum Gasteiger partial charge on any atom is 0.236 e. The third kappa shape index (κ3) is 15.7. The topological polar surface area (TPSA) is 240 Å². The van der Waals surface area contributed by atoms with E-state index < -0.39 is 16.9 Å². The number of hydrogen-bond donors (Lipinski definition) is 4. The van der Waals surface area contributed by atoms with Crippen LogP contribution in [-0.2, 0) is 16.0 Å². The van der Waals surface area contributed by atoms with Gasteiger partial charge in [0.25, 0.3) is 0 Å². The van der Waals surface area contributed by atoms with Gasteiger partial charge in [-0.25, -0.2) is 4.39 Å². The number of fused-ring (bicyclic) bond motifs is 3. The predicted octanol–water partition coefficient (Wildman–Crippen LogP) is 8.64. The number of phenols is 1. The van der Waals surface area contributed by atoms with Crippen LogP contribution in [0, 0.1) is 11.2 Å². The van der Waals surface area contributed by atoms with Gasteiger partial charge in [0.1, 0.15) is 47.1 Å². The average Bonchev–Trinajstić information content (AvgIpc) is 4.11. The first-order chi connectivity index (χ1) is 32.4. The van der Waals surface area contributed by atoms with Crippen molar-refractivity contribution in [3.05, 3.63) is 150 Å². The monoisotopic (exact) mass is 933 g/mol. The van der Waals surface area contributed by atoms with Gasteiger partial charge in [-0.2, -0.15) is 0 Å². The number of ether oxygens (including phenoxy) is 8. The Balaban J connectivity index is 0.000000172. The third-order valence-corrected chi connectivity index (χ3v) is 9.80. The fraction of sp³-hybridized carbons (Fsp3) is 0.216. The number of hydrogen-bond acceptors (Lipinski definition) is 14. The highest BCUT2D eigenvalue weighted by Gasteiger charge is 2.24. The maximum absolute atomic E-state index is 12.1. The zero-order chi connectivity index (χ0) is 49.3. The molecule has 3 heterocycles. The summed E-state index contributed by atoms with van der Waals surface area (Å²) in [4.78, 5) is 42.0. The molecule has 0 radical (unpaired) electrons. The summed E-state index contributed by atoms with van der Waals surface area (Å²) in [5.74, 6) is 6.02. The van der Waals surface area contributed by atoms with E-state index in [0.717, 1.165) is 35.5 Å². The smallest absolute Gasteiger partial charge is 0.236 e. The van der Waals surface area contributed by atoms with Crippen LogP contribution < -0.4 is 55.1 Å². The minimum Gasteiger partial charge on any atom is -0.508 e.